The summed E-state index contributed by atoms with van der Waals surface area (Å²) in [5, 5.41) is 11.8. The zero-order valence-electron chi connectivity index (χ0n) is 11.8. The molecule has 0 aromatic carbocycles. The smallest absolute Gasteiger partial charge is 0.319 e. The Labute approximate surface area is 114 Å². The van der Waals surface area contributed by atoms with Crippen LogP contribution in [0.1, 0.15) is 53.4 Å². The summed E-state index contributed by atoms with van der Waals surface area (Å²) in [6, 6.07) is 0.164. The van der Waals surface area contributed by atoms with Gasteiger partial charge < -0.3 is 10.4 Å². The number of carboxylic acid groups (broad SMARTS) is 1. The van der Waals surface area contributed by atoms with Crippen LogP contribution in [0.25, 0.3) is 0 Å². The standard InChI is InChI=1S/C13H25NO3S/c1-5-6-7-8-10(2)14-11(15)9-18-13(3,4)12(16)17/h10H,5-9H2,1-4H3,(H,14,15)(H,16,17). The van der Waals surface area contributed by atoms with Crippen LogP contribution in [0.3, 0.4) is 0 Å². The number of unbranched alkanes of at least 4 members (excludes halogenated alkanes) is 2. The molecule has 2 N–H and O–H groups in total. The highest BCUT2D eigenvalue weighted by Gasteiger charge is 2.28. The van der Waals surface area contributed by atoms with Crippen LogP contribution in [0, 0.1) is 0 Å². The van der Waals surface area contributed by atoms with E-state index in [0.29, 0.717) is 0 Å². The minimum Gasteiger partial charge on any atom is -0.480 e. The lowest BCUT2D eigenvalue weighted by molar-refractivity contribution is -0.138. The highest BCUT2D eigenvalue weighted by atomic mass is 32.2. The maximum Gasteiger partial charge on any atom is 0.319 e. The van der Waals surface area contributed by atoms with Gasteiger partial charge in [0.1, 0.15) is 4.75 Å². The summed E-state index contributed by atoms with van der Waals surface area (Å²) < 4.78 is -0.914. The number of aliphatic carboxylic acids is 1. The van der Waals surface area contributed by atoms with Gasteiger partial charge in [0.25, 0.3) is 0 Å². The minimum absolute atomic E-state index is 0.0849. The lowest BCUT2D eigenvalue weighted by Crippen LogP contribution is -2.36. The molecule has 0 saturated heterocycles. The molecule has 0 spiro atoms. The average molecular weight is 275 g/mol. The van der Waals surface area contributed by atoms with Gasteiger partial charge in [-0.25, -0.2) is 0 Å². The fourth-order valence-corrected chi connectivity index (χ4v) is 2.10. The molecular weight excluding hydrogens is 250 g/mol. The second-order valence-electron chi connectivity index (χ2n) is 5.07. The Morgan fingerprint density at radius 1 is 1.33 bits per heavy atom. The Kier molecular flexibility index (Phi) is 8.07. The summed E-state index contributed by atoms with van der Waals surface area (Å²) in [6.45, 7) is 7.35. The third kappa shape index (κ3) is 7.58. The summed E-state index contributed by atoms with van der Waals surface area (Å²) in [6.07, 6.45) is 4.45. The van der Waals surface area contributed by atoms with E-state index in [9.17, 15) is 9.59 Å². The molecule has 0 aliphatic heterocycles. The largest absolute Gasteiger partial charge is 0.480 e. The Hall–Kier alpha value is -0.710. The van der Waals surface area contributed by atoms with Gasteiger partial charge in [-0.15, -0.1) is 11.8 Å². The molecule has 0 saturated carbocycles. The number of nitrogens with one attached hydrogen (secondary N) is 1. The van der Waals surface area contributed by atoms with Crippen molar-refractivity contribution in [3.63, 3.8) is 0 Å². The fourth-order valence-electron chi connectivity index (χ4n) is 1.40. The number of hydrogen-bond acceptors (Lipinski definition) is 3. The van der Waals surface area contributed by atoms with Gasteiger partial charge >= 0.3 is 5.97 Å². The lowest BCUT2D eigenvalue weighted by Gasteiger charge is -2.19. The first-order valence-corrected chi connectivity index (χ1v) is 7.45. The first-order chi connectivity index (χ1) is 8.29. The van der Waals surface area contributed by atoms with Gasteiger partial charge in [0.2, 0.25) is 5.91 Å². The van der Waals surface area contributed by atoms with Gasteiger partial charge in [0.05, 0.1) is 5.75 Å². The normalized spacial score (nSPS) is 13.1. The Balaban J connectivity index is 3.87. The third-order valence-corrected chi connectivity index (χ3v) is 4.03. The molecule has 0 rings (SSSR count). The highest BCUT2D eigenvalue weighted by molar-refractivity contribution is 8.01. The van der Waals surface area contributed by atoms with E-state index in [0.717, 1.165) is 24.6 Å². The number of carboxylic acids is 1. The van der Waals surface area contributed by atoms with Crippen molar-refractivity contribution in [1.82, 2.24) is 5.32 Å². The van der Waals surface area contributed by atoms with Crippen LogP contribution in [0.4, 0.5) is 0 Å². The van der Waals surface area contributed by atoms with Crippen molar-refractivity contribution in [2.24, 2.45) is 0 Å². The van der Waals surface area contributed by atoms with Gasteiger partial charge in [0.15, 0.2) is 0 Å². The molecular formula is C13H25NO3S. The van der Waals surface area contributed by atoms with Crippen molar-refractivity contribution < 1.29 is 14.7 Å². The Morgan fingerprint density at radius 2 is 1.94 bits per heavy atom. The molecule has 0 radical (unpaired) electrons. The summed E-state index contributed by atoms with van der Waals surface area (Å²) in [5.41, 5.74) is 0. The maximum absolute atomic E-state index is 11.6. The van der Waals surface area contributed by atoms with Gasteiger partial charge in [-0.2, -0.15) is 0 Å². The SMILES string of the molecule is CCCCCC(C)NC(=O)CSC(C)(C)C(=O)O. The average Bonchev–Trinajstić information content (AvgIpc) is 2.26. The summed E-state index contributed by atoms with van der Waals surface area (Å²) in [5.74, 6) is -0.785. The monoisotopic (exact) mass is 275 g/mol. The molecule has 0 bridgehead atoms. The van der Waals surface area contributed by atoms with Crippen molar-refractivity contribution in [3.8, 4) is 0 Å². The summed E-state index contributed by atoms with van der Waals surface area (Å²) in [4.78, 5) is 22.5. The van der Waals surface area contributed by atoms with Crippen molar-refractivity contribution >= 4 is 23.6 Å². The van der Waals surface area contributed by atoms with Crippen LogP contribution in [0.5, 0.6) is 0 Å². The molecule has 0 fully saturated rings. The van der Waals surface area contributed by atoms with Crippen molar-refractivity contribution in [2.45, 2.75) is 64.2 Å². The van der Waals surface area contributed by atoms with Gasteiger partial charge in [-0.05, 0) is 27.2 Å². The van der Waals surface area contributed by atoms with E-state index in [1.165, 1.54) is 12.8 Å². The molecule has 1 amide bonds. The van der Waals surface area contributed by atoms with E-state index < -0.39 is 10.7 Å². The predicted molar refractivity (Wildman–Crippen MR) is 75.9 cm³/mol. The number of thioether (sulfide) groups is 1. The van der Waals surface area contributed by atoms with Crippen LogP contribution < -0.4 is 5.32 Å². The second kappa shape index (κ2) is 8.40. The Bertz CT molecular complexity index is 279. The molecule has 1 atom stereocenters. The van der Waals surface area contributed by atoms with Crippen molar-refractivity contribution in [1.29, 1.82) is 0 Å². The fraction of sp³-hybridized carbons (Fsp3) is 0.846. The van der Waals surface area contributed by atoms with E-state index >= 15 is 0 Å². The minimum atomic E-state index is -0.914. The van der Waals surface area contributed by atoms with E-state index in [-0.39, 0.29) is 17.7 Å². The van der Waals surface area contributed by atoms with Crippen LogP contribution in [-0.2, 0) is 9.59 Å². The zero-order valence-corrected chi connectivity index (χ0v) is 12.6. The number of hydrogen-bond donors (Lipinski definition) is 2. The first-order valence-electron chi connectivity index (χ1n) is 6.46. The number of amides is 1. The van der Waals surface area contributed by atoms with Crippen molar-refractivity contribution in [2.75, 3.05) is 5.75 Å². The van der Waals surface area contributed by atoms with Gasteiger partial charge in [-0.1, -0.05) is 26.2 Å². The lowest BCUT2D eigenvalue weighted by atomic mass is 10.1. The van der Waals surface area contributed by atoms with Crippen LogP contribution in [0.15, 0.2) is 0 Å². The number of carbonyl (C=O) groups excluding carboxylic acids is 1. The molecule has 0 aliphatic rings. The third-order valence-electron chi connectivity index (χ3n) is 2.73. The van der Waals surface area contributed by atoms with Crippen LogP contribution in [0.2, 0.25) is 0 Å². The maximum atomic E-state index is 11.6. The molecule has 0 aliphatic carbocycles. The van der Waals surface area contributed by atoms with Crippen LogP contribution in [-0.4, -0.2) is 33.5 Å². The van der Waals surface area contributed by atoms with Gasteiger partial charge in [0, 0.05) is 6.04 Å². The molecule has 1 unspecified atom stereocenters. The van der Waals surface area contributed by atoms with E-state index in [2.05, 4.69) is 12.2 Å². The highest BCUT2D eigenvalue weighted by Crippen LogP contribution is 2.24. The van der Waals surface area contributed by atoms with Gasteiger partial charge in [-0.3, -0.25) is 9.59 Å². The summed E-state index contributed by atoms with van der Waals surface area (Å²) >= 11 is 1.15. The molecule has 18 heavy (non-hydrogen) atoms. The van der Waals surface area contributed by atoms with Crippen LogP contribution >= 0.6 is 11.8 Å². The summed E-state index contributed by atoms with van der Waals surface area (Å²) in [7, 11) is 0. The zero-order chi connectivity index (χ0) is 14.2. The Morgan fingerprint density at radius 3 is 2.44 bits per heavy atom. The molecule has 5 heteroatoms. The predicted octanol–water partition coefficient (Wildman–Crippen LogP) is 2.67. The van der Waals surface area contributed by atoms with E-state index in [4.69, 9.17) is 5.11 Å². The molecule has 0 aromatic rings. The van der Waals surface area contributed by atoms with Crippen molar-refractivity contribution in [3.05, 3.63) is 0 Å². The molecule has 106 valence electrons. The topological polar surface area (TPSA) is 66.4 Å². The molecule has 0 aromatic heterocycles. The first kappa shape index (κ1) is 17.3. The quantitative estimate of drug-likeness (QED) is 0.635. The molecule has 0 heterocycles. The number of rotatable bonds is 9. The van der Waals surface area contributed by atoms with E-state index in [1.54, 1.807) is 13.8 Å². The molecule has 4 nitrogen and oxygen atoms in total. The number of carbonyl (C=O) groups is 2. The second-order valence-corrected chi connectivity index (χ2v) is 6.67. The van der Waals surface area contributed by atoms with E-state index in [1.807, 2.05) is 6.92 Å².